The van der Waals surface area contributed by atoms with Crippen LogP contribution in [-0.2, 0) is 11.3 Å². The Balaban J connectivity index is 1.63. The second-order valence-electron chi connectivity index (χ2n) is 6.93. The number of aryl methyl sites for hydroxylation is 2. The number of aromatic nitrogens is 3. The summed E-state index contributed by atoms with van der Waals surface area (Å²) in [7, 11) is 0. The van der Waals surface area contributed by atoms with Gasteiger partial charge in [-0.2, -0.15) is 0 Å². The Hall–Kier alpha value is -2.51. The van der Waals surface area contributed by atoms with Crippen LogP contribution in [0.3, 0.4) is 0 Å². The van der Waals surface area contributed by atoms with Gasteiger partial charge in [-0.3, -0.25) is 4.79 Å². The van der Waals surface area contributed by atoms with Crippen molar-refractivity contribution in [2.45, 2.75) is 45.5 Å². The Morgan fingerprint density at radius 3 is 2.57 bits per heavy atom. The van der Waals surface area contributed by atoms with Crippen LogP contribution in [0.1, 0.15) is 36.9 Å². The van der Waals surface area contributed by atoms with Crippen molar-refractivity contribution in [3.8, 4) is 5.75 Å². The normalized spacial score (nSPS) is 11.9. The molecule has 1 N–H and O–H groups in total. The Morgan fingerprint density at radius 1 is 1.17 bits per heavy atom. The third kappa shape index (κ3) is 5.55. The first kappa shape index (κ1) is 22.2. The molecule has 0 saturated carbocycles. The molecule has 3 aromatic rings. The minimum Gasteiger partial charge on any atom is -0.483 e. The van der Waals surface area contributed by atoms with Crippen molar-refractivity contribution in [2.24, 2.45) is 0 Å². The van der Waals surface area contributed by atoms with Crippen LogP contribution in [0.15, 0.2) is 47.6 Å². The molecule has 0 bridgehead atoms. The number of anilines is 1. The van der Waals surface area contributed by atoms with E-state index in [0.29, 0.717) is 22.4 Å². The standard InChI is InChI=1S/C22H25ClN4O2S/c1-5-27-21(16(4)29-19-11-6-14(2)15(3)12-19)25-26-22(27)30-13-20(28)24-18-9-7-17(23)8-10-18/h6-12,16H,5,13H2,1-4H3,(H,24,28). The fraction of sp³-hybridized carbons (Fsp3) is 0.318. The molecule has 3 rings (SSSR count). The molecule has 158 valence electrons. The highest BCUT2D eigenvalue weighted by Crippen LogP contribution is 2.26. The Bertz CT molecular complexity index is 1020. The number of nitrogens with one attached hydrogen (secondary N) is 1. The summed E-state index contributed by atoms with van der Waals surface area (Å²) in [6.07, 6.45) is -0.267. The van der Waals surface area contributed by atoms with E-state index >= 15 is 0 Å². The van der Waals surface area contributed by atoms with Gasteiger partial charge in [0.15, 0.2) is 17.1 Å². The molecule has 2 aromatic carbocycles. The SMILES string of the molecule is CCn1c(SCC(=O)Nc2ccc(Cl)cc2)nnc1C(C)Oc1ccc(C)c(C)c1. The van der Waals surface area contributed by atoms with Crippen molar-refractivity contribution in [3.05, 3.63) is 64.4 Å². The Morgan fingerprint density at radius 2 is 1.90 bits per heavy atom. The van der Waals surface area contributed by atoms with Crippen molar-refractivity contribution in [2.75, 3.05) is 11.1 Å². The van der Waals surface area contributed by atoms with E-state index in [9.17, 15) is 4.79 Å². The molecule has 0 aliphatic carbocycles. The van der Waals surface area contributed by atoms with Gasteiger partial charge in [-0.15, -0.1) is 10.2 Å². The second-order valence-corrected chi connectivity index (χ2v) is 8.31. The molecule has 30 heavy (non-hydrogen) atoms. The number of carbonyl (C=O) groups excluding carboxylic acids is 1. The molecule has 0 radical (unpaired) electrons. The van der Waals surface area contributed by atoms with Gasteiger partial charge < -0.3 is 14.6 Å². The highest BCUT2D eigenvalue weighted by molar-refractivity contribution is 7.99. The third-order valence-corrected chi connectivity index (χ3v) is 5.90. The van der Waals surface area contributed by atoms with Crippen molar-refractivity contribution < 1.29 is 9.53 Å². The largest absolute Gasteiger partial charge is 0.483 e. The maximum atomic E-state index is 12.3. The minimum atomic E-state index is -0.267. The molecule has 1 aromatic heterocycles. The molecular formula is C22H25ClN4O2S. The maximum absolute atomic E-state index is 12.3. The maximum Gasteiger partial charge on any atom is 0.234 e. The number of nitrogens with zero attached hydrogens (tertiary/aromatic N) is 3. The molecule has 0 saturated heterocycles. The molecular weight excluding hydrogens is 420 g/mol. The van der Waals surface area contributed by atoms with Gasteiger partial charge in [0.25, 0.3) is 0 Å². The summed E-state index contributed by atoms with van der Waals surface area (Å²) in [6.45, 7) is 8.79. The summed E-state index contributed by atoms with van der Waals surface area (Å²) in [6, 6.07) is 13.0. The van der Waals surface area contributed by atoms with Crippen LogP contribution in [0.25, 0.3) is 0 Å². The molecule has 6 nitrogen and oxygen atoms in total. The summed E-state index contributed by atoms with van der Waals surface area (Å²) in [5, 5.41) is 12.8. The van der Waals surface area contributed by atoms with Gasteiger partial charge >= 0.3 is 0 Å². The smallest absolute Gasteiger partial charge is 0.234 e. The zero-order valence-corrected chi connectivity index (χ0v) is 19.0. The number of rotatable bonds is 8. The van der Waals surface area contributed by atoms with Gasteiger partial charge in [0.05, 0.1) is 5.75 Å². The van der Waals surface area contributed by atoms with Crippen molar-refractivity contribution >= 4 is 35.0 Å². The lowest BCUT2D eigenvalue weighted by atomic mass is 10.1. The molecule has 0 spiro atoms. The van der Waals surface area contributed by atoms with Crippen molar-refractivity contribution in [1.29, 1.82) is 0 Å². The van der Waals surface area contributed by atoms with Gasteiger partial charge in [-0.05, 0) is 75.2 Å². The number of halogens is 1. The van der Waals surface area contributed by atoms with E-state index in [-0.39, 0.29) is 17.8 Å². The van der Waals surface area contributed by atoms with Gasteiger partial charge in [-0.25, -0.2) is 0 Å². The lowest BCUT2D eigenvalue weighted by Crippen LogP contribution is -2.15. The van der Waals surface area contributed by atoms with E-state index in [0.717, 1.165) is 11.6 Å². The second kappa shape index (κ2) is 10.00. The van der Waals surface area contributed by atoms with Crippen molar-refractivity contribution in [1.82, 2.24) is 14.8 Å². The van der Waals surface area contributed by atoms with Crippen LogP contribution < -0.4 is 10.1 Å². The minimum absolute atomic E-state index is 0.117. The van der Waals surface area contributed by atoms with E-state index < -0.39 is 0 Å². The van der Waals surface area contributed by atoms with E-state index in [2.05, 4.69) is 29.4 Å². The topological polar surface area (TPSA) is 69.0 Å². The predicted molar refractivity (Wildman–Crippen MR) is 121 cm³/mol. The fourth-order valence-electron chi connectivity index (χ4n) is 2.91. The van der Waals surface area contributed by atoms with Crippen LogP contribution in [0.5, 0.6) is 5.75 Å². The average molecular weight is 445 g/mol. The zero-order valence-electron chi connectivity index (χ0n) is 17.5. The highest BCUT2D eigenvalue weighted by atomic mass is 35.5. The lowest BCUT2D eigenvalue weighted by Gasteiger charge is -2.16. The summed E-state index contributed by atoms with van der Waals surface area (Å²) < 4.78 is 8.06. The van der Waals surface area contributed by atoms with E-state index in [1.807, 2.05) is 36.6 Å². The molecule has 1 heterocycles. The zero-order chi connectivity index (χ0) is 21.7. The molecule has 0 aliphatic heterocycles. The Labute approximate surface area is 186 Å². The monoisotopic (exact) mass is 444 g/mol. The average Bonchev–Trinajstić information content (AvgIpc) is 3.14. The quantitative estimate of drug-likeness (QED) is 0.468. The highest BCUT2D eigenvalue weighted by Gasteiger charge is 2.19. The number of hydrogen-bond donors (Lipinski definition) is 1. The number of carbonyl (C=O) groups is 1. The summed E-state index contributed by atoms with van der Waals surface area (Å²) in [5.74, 6) is 1.64. The first-order valence-corrected chi connectivity index (χ1v) is 11.1. The van der Waals surface area contributed by atoms with Crippen LogP contribution >= 0.6 is 23.4 Å². The van der Waals surface area contributed by atoms with E-state index in [1.54, 1.807) is 24.3 Å². The molecule has 8 heteroatoms. The summed E-state index contributed by atoms with van der Waals surface area (Å²) in [5.41, 5.74) is 3.11. The van der Waals surface area contributed by atoms with Crippen LogP contribution in [0, 0.1) is 13.8 Å². The van der Waals surface area contributed by atoms with Gasteiger partial charge in [0.1, 0.15) is 5.75 Å². The Kier molecular flexibility index (Phi) is 7.39. The van der Waals surface area contributed by atoms with Crippen LogP contribution in [-0.4, -0.2) is 26.4 Å². The van der Waals surface area contributed by atoms with Crippen molar-refractivity contribution in [3.63, 3.8) is 0 Å². The fourth-order valence-corrected chi connectivity index (χ4v) is 3.84. The van der Waals surface area contributed by atoms with Gasteiger partial charge in [0, 0.05) is 17.3 Å². The third-order valence-electron chi connectivity index (χ3n) is 4.68. The molecule has 1 unspecified atom stereocenters. The van der Waals surface area contributed by atoms with Gasteiger partial charge in [0.2, 0.25) is 5.91 Å². The molecule has 0 fully saturated rings. The first-order valence-electron chi connectivity index (χ1n) is 9.72. The van der Waals surface area contributed by atoms with E-state index in [4.69, 9.17) is 16.3 Å². The number of ether oxygens (including phenoxy) is 1. The molecule has 0 aliphatic rings. The van der Waals surface area contributed by atoms with Gasteiger partial charge in [-0.1, -0.05) is 29.4 Å². The number of thioether (sulfide) groups is 1. The molecule has 1 atom stereocenters. The van der Waals surface area contributed by atoms with Crippen LogP contribution in [0.2, 0.25) is 5.02 Å². The lowest BCUT2D eigenvalue weighted by molar-refractivity contribution is -0.113. The number of hydrogen-bond acceptors (Lipinski definition) is 5. The summed E-state index contributed by atoms with van der Waals surface area (Å²) >= 11 is 7.22. The first-order chi connectivity index (χ1) is 14.4. The van der Waals surface area contributed by atoms with E-state index in [1.165, 1.54) is 22.9 Å². The number of benzene rings is 2. The molecule has 1 amide bonds. The summed E-state index contributed by atoms with van der Waals surface area (Å²) in [4.78, 5) is 12.3. The number of amides is 1. The predicted octanol–water partition coefficient (Wildman–Crippen LogP) is 5.44. The van der Waals surface area contributed by atoms with Crippen LogP contribution in [0.4, 0.5) is 5.69 Å².